The number of ether oxygens (including phenoxy) is 2. The van der Waals surface area contributed by atoms with E-state index in [-0.39, 0.29) is 5.91 Å². The molecule has 1 aliphatic rings. The maximum Gasteiger partial charge on any atom is 0.225 e. The minimum atomic E-state index is -0.129. The largest absolute Gasteiger partial charge is 0.497 e. The van der Waals surface area contributed by atoms with Gasteiger partial charge in [-0.1, -0.05) is 48.2 Å². The van der Waals surface area contributed by atoms with Crippen molar-refractivity contribution in [3.8, 4) is 34.0 Å². The second-order valence-electron chi connectivity index (χ2n) is 7.21. The molecule has 0 aliphatic heterocycles. The fraction of sp³-hybridized carbons (Fsp3) is 0.167. The first-order chi connectivity index (χ1) is 15.7. The molecule has 1 aliphatic carbocycles. The fourth-order valence-electron chi connectivity index (χ4n) is 3.84. The Morgan fingerprint density at radius 2 is 1.75 bits per heavy atom. The minimum Gasteiger partial charge on any atom is -0.497 e. The zero-order valence-corrected chi connectivity index (χ0v) is 18.4. The highest BCUT2D eigenvalue weighted by molar-refractivity contribution is 7.99. The lowest BCUT2D eigenvalue weighted by molar-refractivity contribution is -0.115. The second-order valence-corrected chi connectivity index (χ2v) is 8.28. The van der Waals surface area contributed by atoms with Gasteiger partial charge >= 0.3 is 0 Å². The molecule has 160 valence electrons. The molecule has 0 atom stereocenters. The van der Waals surface area contributed by atoms with Gasteiger partial charge in [-0.25, -0.2) is 4.98 Å². The van der Waals surface area contributed by atoms with E-state index in [1.54, 1.807) is 32.4 Å². The van der Waals surface area contributed by atoms with E-state index in [4.69, 9.17) is 14.5 Å². The highest BCUT2D eigenvalue weighted by Gasteiger charge is 2.24. The van der Waals surface area contributed by atoms with Crippen molar-refractivity contribution >= 4 is 34.1 Å². The first kappa shape index (κ1) is 20.3. The molecule has 32 heavy (non-hydrogen) atoms. The van der Waals surface area contributed by atoms with Gasteiger partial charge in [-0.2, -0.15) is 0 Å². The standard InChI is InChI=1S/C24H20N4O3S/c1-30-15-9-10-19(31-2)18(13-15)25-20(29)11-12-32-24-26-22-16-7-3-5-14-6-4-8-17(21(14)16)23(22)27-28-24/h3-10,13H,11-12H2,1-2H3,(H,25,29). The molecule has 0 bridgehead atoms. The smallest absolute Gasteiger partial charge is 0.225 e. The molecule has 3 aromatic carbocycles. The topological polar surface area (TPSA) is 86.2 Å². The Balaban J connectivity index is 1.27. The number of rotatable bonds is 7. The number of anilines is 1. The number of amides is 1. The number of aromatic nitrogens is 3. The number of hydrogen-bond donors (Lipinski definition) is 1. The molecule has 4 aromatic rings. The van der Waals surface area contributed by atoms with Gasteiger partial charge < -0.3 is 14.8 Å². The van der Waals surface area contributed by atoms with Crippen LogP contribution in [0, 0.1) is 0 Å². The molecule has 5 rings (SSSR count). The highest BCUT2D eigenvalue weighted by atomic mass is 32.2. The monoisotopic (exact) mass is 444 g/mol. The van der Waals surface area contributed by atoms with Crippen LogP contribution in [0.15, 0.2) is 59.8 Å². The van der Waals surface area contributed by atoms with Crippen LogP contribution in [0.25, 0.3) is 33.3 Å². The number of nitrogens with one attached hydrogen (secondary N) is 1. The molecule has 8 heteroatoms. The van der Waals surface area contributed by atoms with Gasteiger partial charge in [0.25, 0.3) is 0 Å². The summed E-state index contributed by atoms with van der Waals surface area (Å²) < 4.78 is 10.5. The van der Waals surface area contributed by atoms with Gasteiger partial charge in [0.05, 0.1) is 19.9 Å². The molecule has 1 aromatic heterocycles. The first-order valence-electron chi connectivity index (χ1n) is 10.1. The van der Waals surface area contributed by atoms with Gasteiger partial charge in [-0.15, -0.1) is 10.2 Å². The van der Waals surface area contributed by atoms with Gasteiger partial charge in [0, 0.05) is 34.8 Å². The maximum absolute atomic E-state index is 12.5. The Hall–Kier alpha value is -3.65. The van der Waals surface area contributed by atoms with E-state index < -0.39 is 0 Å². The molecule has 1 N–H and O–H groups in total. The van der Waals surface area contributed by atoms with Crippen molar-refractivity contribution in [3.63, 3.8) is 0 Å². The Bertz CT molecular complexity index is 1340. The summed E-state index contributed by atoms with van der Waals surface area (Å²) >= 11 is 1.41. The van der Waals surface area contributed by atoms with Crippen LogP contribution >= 0.6 is 11.8 Å². The molecule has 0 spiro atoms. The molecule has 0 radical (unpaired) electrons. The second kappa shape index (κ2) is 8.47. The van der Waals surface area contributed by atoms with Crippen LogP contribution in [0.1, 0.15) is 6.42 Å². The maximum atomic E-state index is 12.5. The van der Waals surface area contributed by atoms with Gasteiger partial charge in [0.15, 0.2) is 0 Å². The molecular weight excluding hydrogens is 424 g/mol. The average Bonchev–Trinajstić information content (AvgIpc) is 3.14. The van der Waals surface area contributed by atoms with Crippen molar-refractivity contribution in [1.82, 2.24) is 15.2 Å². The van der Waals surface area contributed by atoms with E-state index in [1.807, 2.05) is 12.1 Å². The molecular formula is C24H20N4O3S. The van der Waals surface area contributed by atoms with Gasteiger partial charge in [-0.05, 0) is 17.5 Å². The minimum absolute atomic E-state index is 0.129. The average molecular weight is 445 g/mol. The van der Waals surface area contributed by atoms with E-state index in [0.717, 1.165) is 22.5 Å². The van der Waals surface area contributed by atoms with Gasteiger partial charge in [0.2, 0.25) is 11.1 Å². The van der Waals surface area contributed by atoms with Crippen molar-refractivity contribution in [3.05, 3.63) is 54.6 Å². The Labute approximate surface area is 189 Å². The van der Waals surface area contributed by atoms with Crippen molar-refractivity contribution in [2.75, 3.05) is 25.3 Å². The normalized spacial score (nSPS) is 11.3. The summed E-state index contributed by atoms with van der Waals surface area (Å²) in [6.07, 6.45) is 0.293. The van der Waals surface area contributed by atoms with E-state index in [9.17, 15) is 4.79 Å². The van der Waals surface area contributed by atoms with Crippen LogP contribution in [-0.2, 0) is 4.79 Å². The van der Waals surface area contributed by atoms with Crippen LogP contribution in [0.5, 0.6) is 11.5 Å². The summed E-state index contributed by atoms with van der Waals surface area (Å²) in [7, 11) is 3.14. The Morgan fingerprint density at radius 1 is 0.969 bits per heavy atom. The molecule has 0 fully saturated rings. The third-order valence-corrected chi connectivity index (χ3v) is 6.16. The van der Waals surface area contributed by atoms with Crippen molar-refractivity contribution in [2.45, 2.75) is 11.6 Å². The van der Waals surface area contributed by atoms with Crippen molar-refractivity contribution < 1.29 is 14.3 Å². The number of benzene rings is 3. The van der Waals surface area contributed by atoms with E-state index in [1.165, 1.54) is 22.5 Å². The number of nitrogens with zero attached hydrogens (tertiary/aromatic N) is 3. The lowest BCUT2D eigenvalue weighted by Crippen LogP contribution is -2.13. The number of hydrogen-bond acceptors (Lipinski definition) is 7. The zero-order valence-electron chi connectivity index (χ0n) is 17.6. The molecule has 7 nitrogen and oxygen atoms in total. The van der Waals surface area contributed by atoms with Crippen LogP contribution in [0.4, 0.5) is 5.69 Å². The molecule has 1 heterocycles. The van der Waals surface area contributed by atoms with Crippen molar-refractivity contribution in [1.29, 1.82) is 0 Å². The first-order valence-corrected chi connectivity index (χ1v) is 11.1. The van der Waals surface area contributed by atoms with Crippen LogP contribution < -0.4 is 14.8 Å². The molecule has 0 saturated heterocycles. The highest BCUT2D eigenvalue weighted by Crippen LogP contribution is 2.44. The summed E-state index contributed by atoms with van der Waals surface area (Å²) in [5, 5.41) is 14.5. The molecule has 1 amide bonds. The SMILES string of the molecule is COc1ccc(OC)c(NC(=O)CCSc2nnc3c(n2)-c2cccc4cccc-3c24)c1. The number of methoxy groups -OCH3 is 2. The predicted molar refractivity (Wildman–Crippen MR) is 125 cm³/mol. The van der Waals surface area contributed by atoms with Crippen LogP contribution in [0.2, 0.25) is 0 Å². The quantitative estimate of drug-likeness (QED) is 0.361. The number of carbonyl (C=O) groups is 1. The van der Waals surface area contributed by atoms with E-state index >= 15 is 0 Å². The number of fused-ring (bicyclic) bond motifs is 3. The molecule has 0 unspecified atom stereocenters. The Morgan fingerprint density at radius 3 is 2.50 bits per heavy atom. The summed E-state index contributed by atoms with van der Waals surface area (Å²) in [4.78, 5) is 17.2. The summed E-state index contributed by atoms with van der Waals surface area (Å²) in [5.74, 6) is 1.61. The summed E-state index contributed by atoms with van der Waals surface area (Å²) in [6.45, 7) is 0. The van der Waals surface area contributed by atoms with Crippen molar-refractivity contribution in [2.24, 2.45) is 0 Å². The predicted octanol–water partition coefficient (Wildman–Crippen LogP) is 4.81. The fourth-order valence-corrected chi connectivity index (χ4v) is 4.56. The lowest BCUT2D eigenvalue weighted by atomic mass is 10.0. The summed E-state index contributed by atoms with van der Waals surface area (Å²) in [5.41, 5.74) is 4.37. The zero-order chi connectivity index (χ0) is 22.1. The van der Waals surface area contributed by atoms with Crippen LogP contribution in [-0.4, -0.2) is 41.1 Å². The third-order valence-electron chi connectivity index (χ3n) is 5.32. The molecule has 0 saturated carbocycles. The summed E-state index contributed by atoms with van der Waals surface area (Å²) in [6, 6.07) is 17.6. The van der Waals surface area contributed by atoms with Gasteiger partial charge in [0.1, 0.15) is 22.9 Å². The number of carbonyl (C=O) groups excluding carboxylic acids is 1. The lowest BCUT2D eigenvalue weighted by Gasteiger charge is -2.11. The third kappa shape index (κ3) is 3.62. The number of thioether (sulfide) groups is 1. The van der Waals surface area contributed by atoms with Gasteiger partial charge in [-0.3, -0.25) is 4.79 Å². The van der Waals surface area contributed by atoms with Crippen LogP contribution in [0.3, 0.4) is 0 Å². The Kier molecular flexibility index (Phi) is 5.36. The van der Waals surface area contributed by atoms with E-state index in [0.29, 0.717) is 34.5 Å². The van der Waals surface area contributed by atoms with E-state index in [2.05, 4.69) is 39.8 Å².